The van der Waals surface area contributed by atoms with Gasteiger partial charge in [-0.2, -0.15) is 0 Å². The minimum Gasteiger partial charge on any atom is -0.492 e. The van der Waals surface area contributed by atoms with E-state index in [1.165, 1.54) is 0 Å². The van der Waals surface area contributed by atoms with Crippen molar-refractivity contribution in [2.45, 2.75) is 13.3 Å². The second-order valence-electron chi connectivity index (χ2n) is 1.11. The Morgan fingerprint density at radius 1 is 1.86 bits per heavy atom. The minimum absolute atomic E-state index is 0.597. The summed E-state index contributed by atoms with van der Waals surface area (Å²) in [4.78, 5) is 0. The number of hydrogen-bond acceptors (Lipinski definition) is 2. The molecule has 0 bridgehead atoms. The van der Waals surface area contributed by atoms with E-state index < -0.39 is 0 Å². The van der Waals surface area contributed by atoms with Gasteiger partial charge in [0.15, 0.2) is 5.76 Å². The molecule has 0 aliphatic rings. The van der Waals surface area contributed by atoms with E-state index in [0.29, 0.717) is 5.76 Å². The summed E-state index contributed by atoms with van der Waals surface area (Å²) in [6, 6.07) is 0. The predicted molar refractivity (Wildman–Crippen MR) is 28.5 cm³/mol. The van der Waals surface area contributed by atoms with Gasteiger partial charge in [0.1, 0.15) is 0 Å². The van der Waals surface area contributed by atoms with Gasteiger partial charge in [-0.25, -0.2) is 0 Å². The van der Waals surface area contributed by atoms with Crippen molar-refractivity contribution in [3.05, 3.63) is 5.76 Å². The van der Waals surface area contributed by atoms with Crippen molar-refractivity contribution in [3.8, 4) is 0 Å². The molecule has 0 aliphatic carbocycles. The van der Waals surface area contributed by atoms with Crippen LogP contribution in [0.15, 0.2) is 5.76 Å². The smallest absolute Gasteiger partial charge is 0.155 e. The highest BCUT2D eigenvalue weighted by Gasteiger charge is 1.83. The second kappa shape index (κ2) is 3.44. The zero-order valence-corrected chi connectivity index (χ0v) is 4.62. The number of rotatable bonds is 2. The maximum absolute atomic E-state index is 6.55. The van der Waals surface area contributed by atoms with Crippen LogP contribution < -0.4 is 0 Å². The van der Waals surface area contributed by atoms with Gasteiger partial charge in [-0.3, -0.25) is 5.41 Å². The second-order valence-corrected chi connectivity index (χ2v) is 1.11. The van der Waals surface area contributed by atoms with Crippen molar-refractivity contribution < 1.29 is 4.74 Å². The van der Waals surface area contributed by atoms with Crippen LogP contribution in [0.5, 0.6) is 0 Å². The summed E-state index contributed by atoms with van der Waals surface area (Å²) in [6.45, 7) is 1.92. The third-order valence-corrected chi connectivity index (χ3v) is 0.707. The number of nitrogens with one attached hydrogen (secondary N) is 1. The zero-order chi connectivity index (χ0) is 5.70. The third kappa shape index (κ3) is 2.01. The number of hydrogen-bond donors (Lipinski definition) is 1. The molecule has 2 nitrogen and oxygen atoms in total. The van der Waals surface area contributed by atoms with Crippen molar-refractivity contribution >= 4 is 5.87 Å². The normalized spacial score (nSPS) is 7.14. The Kier molecular flexibility index (Phi) is 3.07. The van der Waals surface area contributed by atoms with Crippen molar-refractivity contribution in [1.29, 1.82) is 5.41 Å². The van der Waals surface area contributed by atoms with Crippen LogP contribution in [-0.4, -0.2) is 13.0 Å². The first-order valence-electron chi connectivity index (χ1n) is 2.17. The molecule has 0 spiro atoms. The molecule has 0 aromatic rings. The molecule has 0 fully saturated rings. The lowest BCUT2D eigenvalue weighted by molar-refractivity contribution is 0.287. The minimum atomic E-state index is 0.597. The van der Waals surface area contributed by atoms with Crippen LogP contribution in [0, 0.1) is 5.41 Å². The van der Waals surface area contributed by atoms with Crippen LogP contribution in [0.3, 0.4) is 0 Å². The molecule has 0 aliphatic heterocycles. The van der Waals surface area contributed by atoms with Crippen LogP contribution in [0.25, 0.3) is 0 Å². The summed E-state index contributed by atoms with van der Waals surface area (Å²) in [6.07, 6.45) is 0.750. The lowest BCUT2D eigenvalue weighted by Gasteiger charge is -1.93. The first kappa shape index (κ1) is 6.25. The lowest BCUT2D eigenvalue weighted by atomic mass is 10.4. The molecule has 0 aromatic carbocycles. The Labute approximate surface area is 43.3 Å². The van der Waals surface area contributed by atoms with Crippen LogP contribution in [-0.2, 0) is 4.74 Å². The van der Waals surface area contributed by atoms with Crippen molar-refractivity contribution in [1.82, 2.24) is 0 Å². The Bertz CT molecular complexity index is 86.3. The summed E-state index contributed by atoms with van der Waals surface area (Å²) in [7, 11) is 1.54. The Balaban J connectivity index is 3.61. The van der Waals surface area contributed by atoms with E-state index in [1.54, 1.807) is 7.11 Å². The monoisotopic (exact) mass is 99.1 g/mol. The number of ether oxygens (including phenoxy) is 1. The molecule has 0 rings (SSSR count). The fraction of sp³-hybridized carbons (Fsp3) is 0.600. The molecule has 1 N–H and O–H groups in total. The molecular formula is C5H9NO. The van der Waals surface area contributed by atoms with Gasteiger partial charge < -0.3 is 4.74 Å². The number of methoxy groups -OCH3 is 1. The van der Waals surface area contributed by atoms with Crippen LogP contribution in [0.1, 0.15) is 13.3 Å². The van der Waals surface area contributed by atoms with E-state index in [4.69, 9.17) is 5.41 Å². The molecule has 40 valence electrons. The fourth-order valence-corrected chi connectivity index (χ4v) is 0.284. The average molecular weight is 99.1 g/mol. The van der Waals surface area contributed by atoms with Crippen LogP contribution >= 0.6 is 0 Å². The maximum atomic E-state index is 6.55. The summed E-state index contributed by atoms with van der Waals surface area (Å²) in [5.41, 5.74) is 0. The van der Waals surface area contributed by atoms with E-state index in [-0.39, 0.29) is 0 Å². The predicted octanol–water partition coefficient (Wildman–Crippen LogP) is 1.18. The van der Waals surface area contributed by atoms with Gasteiger partial charge in [-0.15, -0.1) is 0 Å². The van der Waals surface area contributed by atoms with Gasteiger partial charge in [-0.1, -0.05) is 6.92 Å². The molecule has 0 aromatic heterocycles. The quantitative estimate of drug-likeness (QED) is 0.409. The Morgan fingerprint density at radius 3 is 2.43 bits per heavy atom. The molecule has 0 heterocycles. The highest BCUT2D eigenvalue weighted by Crippen LogP contribution is 1.91. The lowest BCUT2D eigenvalue weighted by Crippen LogP contribution is -1.81. The van der Waals surface area contributed by atoms with Gasteiger partial charge in [0.25, 0.3) is 0 Å². The fourth-order valence-electron chi connectivity index (χ4n) is 0.284. The first-order chi connectivity index (χ1) is 3.35. The van der Waals surface area contributed by atoms with Crippen LogP contribution in [0.4, 0.5) is 0 Å². The zero-order valence-electron chi connectivity index (χ0n) is 4.62. The maximum Gasteiger partial charge on any atom is 0.155 e. The summed E-state index contributed by atoms with van der Waals surface area (Å²) < 4.78 is 4.67. The third-order valence-electron chi connectivity index (χ3n) is 0.707. The van der Waals surface area contributed by atoms with E-state index in [9.17, 15) is 0 Å². The molecule has 2 heteroatoms. The summed E-state index contributed by atoms with van der Waals surface area (Å²) in [5.74, 6) is 2.74. The standard InChI is InChI=1S/C5H9NO/c1-3-5(4-6)7-2/h6H,3H2,1-2H3. The highest BCUT2D eigenvalue weighted by molar-refractivity contribution is 5.51. The first-order valence-corrected chi connectivity index (χ1v) is 2.17. The van der Waals surface area contributed by atoms with Gasteiger partial charge in [0, 0.05) is 12.3 Å². The highest BCUT2D eigenvalue weighted by atomic mass is 16.5. The van der Waals surface area contributed by atoms with Gasteiger partial charge in [0.2, 0.25) is 0 Å². The molecule has 0 amide bonds. The SMILES string of the molecule is CCC(=C=N)OC. The largest absolute Gasteiger partial charge is 0.492 e. The molecular weight excluding hydrogens is 90.1 g/mol. The molecule has 0 unspecified atom stereocenters. The molecule has 0 saturated carbocycles. The molecule has 0 atom stereocenters. The van der Waals surface area contributed by atoms with Gasteiger partial charge in [-0.05, 0) is 0 Å². The molecule has 7 heavy (non-hydrogen) atoms. The summed E-state index contributed by atoms with van der Waals surface area (Å²) >= 11 is 0. The topological polar surface area (TPSA) is 33.1 Å². The van der Waals surface area contributed by atoms with Crippen LogP contribution in [0.2, 0.25) is 0 Å². The molecule has 0 saturated heterocycles. The van der Waals surface area contributed by atoms with E-state index in [0.717, 1.165) is 6.42 Å². The number of allylic oxidation sites excluding steroid dienone is 1. The van der Waals surface area contributed by atoms with E-state index in [1.807, 2.05) is 6.92 Å². The average Bonchev–Trinajstić information content (AvgIpc) is 1.72. The van der Waals surface area contributed by atoms with Crippen molar-refractivity contribution in [2.75, 3.05) is 7.11 Å². The van der Waals surface area contributed by atoms with Gasteiger partial charge >= 0.3 is 0 Å². The van der Waals surface area contributed by atoms with E-state index in [2.05, 4.69) is 10.6 Å². The molecule has 0 radical (unpaired) electrons. The summed E-state index contributed by atoms with van der Waals surface area (Å²) in [5, 5.41) is 6.55. The van der Waals surface area contributed by atoms with Crippen molar-refractivity contribution in [2.24, 2.45) is 0 Å². The Hall–Kier alpha value is -0.750. The van der Waals surface area contributed by atoms with E-state index >= 15 is 0 Å². The Morgan fingerprint density at radius 2 is 2.43 bits per heavy atom. The van der Waals surface area contributed by atoms with Gasteiger partial charge in [0.05, 0.1) is 7.11 Å². The van der Waals surface area contributed by atoms with Crippen molar-refractivity contribution in [3.63, 3.8) is 0 Å².